The van der Waals surface area contributed by atoms with E-state index in [-0.39, 0.29) is 0 Å². The Kier molecular flexibility index (Phi) is 2.58. The van der Waals surface area contributed by atoms with Crippen LogP contribution in [0.5, 0.6) is 0 Å². The monoisotopic (exact) mass is 272 g/mol. The Hall–Kier alpha value is -1.61. The third kappa shape index (κ3) is 1.58. The quantitative estimate of drug-likeness (QED) is 0.509. The fraction of sp³-hybridized carbons (Fsp3) is 0.312. The maximum atomic E-state index is 5.85. The maximum Gasteiger partial charge on any atom is 0.194 e. The Bertz CT molecular complexity index is 882. The molecule has 0 aliphatic carbocycles. The minimum atomic E-state index is 0.562. The van der Waals surface area contributed by atoms with E-state index in [1.165, 1.54) is 11.1 Å². The van der Waals surface area contributed by atoms with Crippen LogP contribution in [-0.4, -0.2) is 0 Å². The molecule has 0 amide bonds. The molecule has 0 unspecified atom stereocenters. The second-order valence-corrected chi connectivity index (χ2v) is 5.55. The summed E-state index contributed by atoms with van der Waals surface area (Å²) >= 11 is 5.28. The van der Waals surface area contributed by atoms with Crippen molar-refractivity contribution in [1.29, 1.82) is 0 Å². The van der Waals surface area contributed by atoms with Gasteiger partial charge in [0.25, 0.3) is 0 Å². The molecule has 0 saturated heterocycles. The average Bonchev–Trinajstić information content (AvgIpc) is 2.66. The second kappa shape index (κ2) is 3.94. The van der Waals surface area contributed by atoms with E-state index in [9.17, 15) is 0 Å². The van der Waals surface area contributed by atoms with Crippen LogP contribution in [0.25, 0.3) is 21.9 Å². The van der Waals surface area contributed by atoms with Crippen molar-refractivity contribution >= 4 is 34.2 Å². The topological polar surface area (TPSA) is 26.3 Å². The summed E-state index contributed by atoms with van der Waals surface area (Å²) in [6.45, 7) is 10.2. The lowest BCUT2D eigenvalue weighted by Gasteiger charge is -2.08. The second-order valence-electron chi connectivity index (χ2n) is 5.18. The highest BCUT2D eigenvalue weighted by molar-refractivity contribution is 7.71. The standard InChI is InChI=1S/C16H16O2S/c1-7-8(2)16(19)18-15-10(4)14-13(6-12(7)15)9(3)11(5)17-14/h6H,1-5H3. The molecule has 0 atom stereocenters. The van der Waals surface area contributed by atoms with Crippen molar-refractivity contribution in [1.82, 2.24) is 0 Å². The largest absolute Gasteiger partial charge is 0.461 e. The van der Waals surface area contributed by atoms with Crippen LogP contribution < -0.4 is 0 Å². The highest BCUT2D eigenvalue weighted by Crippen LogP contribution is 2.35. The smallest absolute Gasteiger partial charge is 0.194 e. The SMILES string of the molecule is Cc1oc2c(C)c3oc(=S)c(C)c(C)c3cc2c1C. The molecule has 2 aromatic heterocycles. The minimum Gasteiger partial charge on any atom is -0.461 e. The molecule has 98 valence electrons. The molecule has 0 aliphatic heterocycles. The predicted octanol–water partition coefficient (Wildman–Crippen LogP) is 5.45. The van der Waals surface area contributed by atoms with Gasteiger partial charge >= 0.3 is 0 Å². The van der Waals surface area contributed by atoms with Crippen molar-refractivity contribution in [3.05, 3.63) is 38.8 Å². The van der Waals surface area contributed by atoms with Gasteiger partial charge in [0, 0.05) is 21.9 Å². The predicted molar refractivity (Wildman–Crippen MR) is 80.5 cm³/mol. The van der Waals surface area contributed by atoms with Crippen LogP contribution in [0, 0.1) is 39.3 Å². The fourth-order valence-corrected chi connectivity index (χ4v) is 2.78. The lowest BCUT2D eigenvalue weighted by atomic mass is 10.0. The van der Waals surface area contributed by atoms with E-state index in [2.05, 4.69) is 19.9 Å². The van der Waals surface area contributed by atoms with Gasteiger partial charge in [0.05, 0.1) is 0 Å². The van der Waals surface area contributed by atoms with Gasteiger partial charge in [-0.1, -0.05) is 0 Å². The summed E-state index contributed by atoms with van der Waals surface area (Å²) < 4.78 is 12.2. The van der Waals surface area contributed by atoms with E-state index in [4.69, 9.17) is 21.1 Å². The zero-order valence-corrected chi connectivity index (χ0v) is 12.6. The molecule has 0 radical (unpaired) electrons. The van der Waals surface area contributed by atoms with Gasteiger partial charge in [0.2, 0.25) is 0 Å². The van der Waals surface area contributed by atoms with Crippen molar-refractivity contribution in [2.45, 2.75) is 34.6 Å². The van der Waals surface area contributed by atoms with Crippen LogP contribution in [0.1, 0.15) is 28.0 Å². The van der Waals surface area contributed by atoms with E-state index < -0.39 is 0 Å². The van der Waals surface area contributed by atoms with Crippen LogP contribution in [0.15, 0.2) is 14.9 Å². The normalized spacial score (nSPS) is 11.6. The van der Waals surface area contributed by atoms with Gasteiger partial charge in [-0.2, -0.15) is 0 Å². The Labute approximate surface area is 117 Å². The number of benzene rings is 1. The maximum absolute atomic E-state index is 5.85. The Morgan fingerprint density at radius 3 is 2.00 bits per heavy atom. The van der Waals surface area contributed by atoms with Crippen molar-refractivity contribution in [3.63, 3.8) is 0 Å². The Balaban J connectivity index is 2.65. The first kappa shape index (κ1) is 12.4. The zero-order valence-electron chi connectivity index (χ0n) is 11.8. The number of fused-ring (bicyclic) bond motifs is 2. The lowest BCUT2D eigenvalue weighted by molar-refractivity contribution is 0.562. The lowest BCUT2D eigenvalue weighted by Crippen LogP contribution is -1.89. The number of aryl methyl sites for hydroxylation is 4. The molecule has 0 fully saturated rings. The summed E-state index contributed by atoms with van der Waals surface area (Å²) in [5.74, 6) is 0.960. The molecule has 0 spiro atoms. The van der Waals surface area contributed by atoms with Crippen LogP contribution >= 0.6 is 12.2 Å². The molecule has 3 heteroatoms. The summed E-state index contributed by atoms with van der Waals surface area (Å²) in [6.07, 6.45) is 0. The first-order chi connectivity index (χ1) is 8.91. The molecule has 19 heavy (non-hydrogen) atoms. The van der Waals surface area contributed by atoms with Crippen molar-refractivity contribution < 1.29 is 8.83 Å². The van der Waals surface area contributed by atoms with Crippen LogP contribution in [0.2, 0.25) is 0 Å². The summed E-state index contributed by atoms with van der Waals surface area (Å²) in [5.41, 5.74) is 6.20. The molecule has 1 aromatic carbocycles. The number of rotatable bonds is 0. The van der Waals surface area contributed by atoms with E-state index in [0.717, 1.165) is 38.8 Å². The minimum absolute atomic E-state index is 0.562. The first-order valence-corrected chi connectivity index (χ1v) is 6.76. The van der Waals surface area contributed by atoms with E-state index in [0.29, 0.717) is 4.71 Å². The van der Waals surface area contributed by atoms with E-state index in [1.54, 1.807) is 0 Å². The third-order valence-corrected chi connectivity index (χ3v) is 4.50. The fourth-order valence-electron chi connectivity index (χ4n) is 2.55. The van der Waals surface area contributed by atoms with Gasteiger partial charge < -0.3 is 8.83 Å². The zero-order chi connectivity index (χ0) is 13.9. The van der Waals surface area contributed by atoms with Gasteiger partial charge in [0.15, 0.2) is 4.71 Å². The van der Waals surface area contributed by atoms with Gasteiger partial charge in [-0.3, -0.25) is 0 Å². The molecule has 3 rings (SSSR count). The summed E-state index contributed by atoms with van der Waals surface area (Å²) in [5, 5.41) is 2.29. The van der Waals surface area contributed by atoms with Gasteiger partial charge in [0.1, 0.15) is 16.9 Å². The molecule has 0 aliphatic rings. The Morgan fingerprint density at radius 2 is 1.32 bits per heavy atom. The number of furan rings is 1. The van der Waals surface area contributed by atoms with Crippen LogP contribution in [0.4, 0.5) is 0 Å². The summed E-state index contributed by atoms with van der Waals surface area (Å²) in [4.78, 5) is 0. The summed E-state index contributed by atoms with van der Waals surface area (Å²) in [7, 11) is 0. The van der Waals surface area contributed by atoms with Crippen LogP contribution in [-0.2, 0) is 0 Å². The first-order valence-electron chi connectivity index (χ1n) is 6.35. The molecule has 0 N–H and O–H groups in total. The van der Waals surface area contributed by atoms with Gasteiger partial charge in [-0.15, -0.1) is 0 Å². The van der Waals surface area contributed by atoms with Crippen LogP contribution in [0.3, 0.4) is 0 Å². The molecule has 2 nitrogen and oxygen atoms in total. The average molecular weight is 272 g/mol. The number of hydrogen-bond acceptors (Lipinski definition) is 3. The molecular formula is C16H16O2S. The highest BCUT2D eigenvalue weighted by atomic mass is 32.1. The molecular weight excluding hydrogens is 256 g/mol. The van der Waals surface area contributed by atoms with Crippen molar-refractivity contribution in [2.75, 3.05) is 0 Å². The van der Waals surface area contributed by atoms with Gasteiger partial charge in [-0.05, 0) is 64.0 Å². The highest BCUT2D eigenvalue weighted by Gasteiger charge is 2.16. The molecule has 0 bridgehead atoms. The molecule has 3 aromatic rings. The van der Waals surface area contributed by atoms with Crippen molar-refractivity contribution in [2.24, 2.45) is 0 Å². The van der Waals surface area contributed by atoms with Gasteiger partial charge in [-0.25, -0.2) is 0 Å². The Morgan fingerprint density at radius 1 is 0.737 bits per heavy atom. The number of hydrogen-bond donors (Lipinski definition) is 0. The van der Waals surface area contributed by atoms with E-state index >= 15 is 0 Å². The summed E-state index contributed by atoms with van der Waals surface area (Å²) in [6, 6.07) is 2.16. The molecule has 2 heterocycles. The van der Waals surface area contributed by atoms with E-state index in [1.807, 2.05) is 20.8 Å². The third-order valence-electron chi connectivity index (χ3n) is 4.11. The molecule has 0 saturated carbocycles. The van der Waals surface area contributed by atoms with Crippen molar-refractivity contribution in [3.8, 4) is 0 Å².